The predicted molar refractivity (Wildman–Crippen MR) is 81.3 cm³/mol. The highest BCUT2D eigenvalue weighted by molar-refractivity contribution is 6.33. The van der Waals surface area contributed by atoms with Gasteiger partial charge in [0.05, 0.1) is 10.6 Å². The van der Waals surface area contributed by atoms with Gasteiger partial charge >= 0.3 is 0 Å². The van der Waals surface area contributed by atoms with Crippen molar-refractivity contribution in [2.24, 2.45) is 0 Å². The Labute approximate surface area is 124 Å². The second-order valence-corrected chi connectivity index (χ2v) is 4.89. The minimum absolute atomic E-state index is 0. The summed E-state index contributed by atoms with van der Waals surface area (Å²) in [6.45, 7) is 4.42. The first-order valence-corrected chi connectivity index (χ1v) is 6.47. The second kappa shape index (κ2) is 7.53. The minimum atomic E-state index is -0.112. The van der Waals surface area contributed by atoms with Crippen molar-refractivity contribution in [3.8, 4) is 0 Å². The van der Waals surface area contributed by atoms with Crippen LogP contribution in [0.15, 0.2) is 29.8 Å². The fourth-order valence-corrected chi connectivity index (χ4v) is 2.24. The fourth-order valence-electron chi connectivity index (χ4n) is 1.92. The van der Waals surface area contributed by atoms with E-state index in [4.69, 9.17) is 11.6 Å². The molecule has 2 N–H and O–H groups in total. The zero-order valence-electron chi connectivity index (χ0n) is 10.8. The van der Waals surface area contributed by atoms with Crippen molar-refractivity contribution < 1.29 is 4.79 Å². The number of aryl methyl sites for hydroxylation is 1. The lowest BCUT2D eigenvalue weighted by Crippen LogP contribution is -2.29. The zero-order chi connectivity index (χ0) is 13.0. The topological polar surface area (TPSA) is 41.1 Å². The molecule has 0 aromatic heterocycles. The largest absolute Gasteiger partial charge is 0.348 e. The van der Waals surface area contributed by atoms with Gasteiger partial charge < -0.3 is 10.6 Å². The molecule has 3 nitrogen and oxygen atoms in total. The first-order chi connectivity index (χ1) is 8.66. The van der Waals surface area contributed by atoms with Gasteiger partial charge in [0.25, 0.3) is 5.91 Å². The van der Waals surface area contributed by atoms with Crippen molar-refractivity contribution in [1.82, 2.24) is 10.6 Å². The van der Waals surface area contributed by atoms with Gasteiger partial charge in [-0.25, -0.2) is 0 Å². The minimum Gasteiger partial charge on any atom is -0.348 e. The Morgan fingerprint density at radius 1 is 1.47 bits per heavy atom. The van der Waals surface area contributed by atoms with E-state index in [1.54, 1.807) is 12.1 Å². The summed E-state index contributed by atoms with van der Waals surface area (Å²) in [6.07, 6.45) is 3.11. The highest BCUT2D eigenvalue weighted by atomic mass is 35.5. The van der Waals surface area contributed by atoms with Gasteiger partial charge in [0.2, 0.25) is 0 Å². The van der Waals surface area contributed by atoms with Crippen LogP contribution >= 0.6 is 24.0 Å². The summed E-state index contributed by atoms with van der Waals surface area (Å²) in [5, 5.41) is 6.65. The molecule has 0 unspecified atom stereocenters. The van der Waals surface area contributed by atoms with Gasteiger partial charge in [-0.15, -0.1) is 12.4 Å². The molecule has 1 amide bonds. The Kier molecular flexibility index (Phi) is 6.35. The Hall–Kier alpha value is -1.03. The van der Waals surface area contributed by atoms with Crippen molar-refractivity contribution in [1.29, 1.82) is 0 Å². The van der Waals surface area contributed by atoms with Crippen LogP contribution in [0, 0.1) is 6.92 Å². The SMILES string of the molecule is Cc1ccc(C(=O)NCC2=CCNCC2)c(Cl)c1.Cl. The number of hydrogen-bond acceptors (Lipinski definition) is 2. The molecule has 104 valence electrons. The van der Waals surface area contributed by atoms with E-state index in [-0.39, 0.29) is 18.3 Å². The molecule has 0 aliphatic carbocycles. The van der Waals surface area contributed by atoms with E-state index >= 15 is 0 Å². The second-order valence-electron chi connectivity index (χ2n) is 4.48. The third-order valence-corrected chi connectivity index (χ3v) is 3.32. The standard InChI is InChI=1S/C14H17ClN2O.ClH/c1-10-2-3-12(13(15)8-10)14(18)17-9-11-4-6-16-7-5-11;/h2-4,8,16H,5-7,9H2,1H3,(H,17,18);1H. The smallest absolute Gasteiger partial charge is 0.253 e. The molecule has 0 bridgehead atoms. The molecule has 0 atom stereocenters. The predicted octanol–water partition coefficient (Wildman–Crippen LogP) is 2.72. The lowest BCUT2D eigenvalue weighted by atomic mass is 10.1. The molecule has 0 saturated heterocycles. The summed E-state index contributed by atoms with van der Waals surface area (Å²) in [5.74, 6) is -0.112. The lowest BCUT2D eigenvalue weighted by molar-refractivity contribution is 0.0957. The van der Waals surface area contributed by atoms with E-state index in [9.17, 15) is 4.79 Å². The normalized spacial score (nSPS) is 14.3. The molecule has 5 heteroatoms. The van der Waals surface area contributed by atoms with Crippen LogP contribution < -0.4 is 10.6 Å². The van der Waals surface area contributed by atoms with Crippen molar-refractivity contribution in [2.45, 2.75) is 13.3 Å². The van der Waals surface area contributed by atoms with Crippen molar-refractivity contribution in [3.05, 3.63) is 46.0 Å². The maximum Gasteiger partial charge on any atom is 0.253 e. The first kappa shape index (κ1) is 16.0. The molecule has 0 spiro atoms. The summed E-state index contributed by atoms with van der Waals surface area (Å²) in [7, 11) is 0. The summed E-state index contributed by atoms with van der Waals surface area (Å²) in [5.41, 5.74) is 2.86. The van der Waals surface area contributed by atoms with Gasteiger partial charge in [0.1, 0.15) is 0 Å². The molecule has 0 fully saturated rings. The monoisotopic (exact) mass is 300 g/mol. The third-order valence-electron chi connectivity index (χ3n) is 3.00. The fraction of sp³-hybridized carbons (Fsp3) is 0.357. The van der Waals surface area contributed by atoms with Gasteiger partial charge in [-0.3, -0.25) is 4.79 Å². The number of carbonyl (C=O) groups excluding carboxylic acids is 1. The van der Waals surface area contributed by atoms with Gasteiger partial charge in [-0.05, 0) is 37.6 Å². The van der Waals surface area contributed by atoms with Crippen LogP contribution in [0.3, 0.4) is 0 Å². The van der Waals surface area contributed by atoms with Gasteiger partial charge in [0.15, 0.2) is 0 Å². The number of benzene rings is 1. The van der Waals surface area contributed by atoms with E-state index in [2.05, 4.69) is 16.7 Å². The molecule has 1 aromatic rings. The molecule has 0 radical (unpaired) electrons. The third kappa shape index (κ3) is 4.53. The van der Waals surface area contributed by atoms with Gasteiger partial charge in [-0.1, -0.05) is 29.3 Å². The summed E-state index contributed by atoms with van der Waals surface area (Å²) in [6, 6.07) is 5.47. The molecule has 1 aliphatic heterocycles. The van der Waals surface area contributed by atoms with E-state index in [1.165, 1.54) is 5.57 Å². The molecule has 19 heavy (non-hydrogen) atoms. The van der Waals surface area contributed by atoms with Crippen molar-refractivity contribution in [2.75, 3.05) is 19.6 Å². The maximum atomic E-state index is 12.0. The van der Waals surface area contributed by atoms with Crippen LogP contribution in [-0.2, 0) is 0 Å². The molecule has 2 rings (SSSR count). The van der Waals surface area contributed by atoms with Crippen LogP contribution in [0.5, 0.6) is 0 Å². The van der Waals surface area contributed by atoms with Crippen LogP contribution in [0.25, 0.3) is 0 Å². The molecule has 1 aromatic carbocycles. The molecule has 0 saturated carbocycles. The van der Waals surface area contributed by atoms with Crippen molar-refractivity contribution >= 4 is 29.9 Å². The van der Waals surface area contributed by atoms with E-state index in [0.717, 1.165) is 25.1 Å². The van der Waals surface area contributed by atoms with E-state index in [1.807, 2.05) is 13.0 Å². The average Bonchev–Trinajstić information content (AvgIpc) is 2.37. The number of amides is 1. The quantitative estimate of drug-likeness (QED) is 0.843. The number of rotatable bonds is 3. The summed E-state index contributed by atoms with van der Waals surface area (Å²) < 4.78 is 0. The zero-order valence-corrected chi connectivity index (χ0v) is 12.4. The van der Waals surface area contributed by atoms with E-state index < -0.39 is 0 Å². The van der Waals surface area contributed by atoms with Crippen LogP contribution in [0.2, 0.25) is 5.02 Å². The lowest BCUT2D eigenvalue weighted by Gasteiger charge is -2.15. The number of nitrogens with one attached hydrogen (secondary N) is 2. The Bertz CT molecular complexity index is 486. The Morgan fingerprint density at radius 3 is 2.89 bits per heavy atom. The average molecular weight is 301 g/mol. The number of carbonyl (C=O) groups is 1. The number of halogens is 2. The molecule has 1 aliphatic rings. The molecule has 1 heterocycles. The number of hydrogen-bond donors (Lipinski definition) is 2. The van der Waals surface area contributed by atoms with E-state index in [0.29, 0.717) is 17.1 Å². The summed E-state index contributed by atoms with van der Waals surface area (Å²) in [4.78, 5) is 12.0. The Balaban J connectivity index is 0.00000180. The maximum absolute atomic E-state index is 12.0. The first-order valence-electron chi connectivity index (χ1n) is 6.10. The Morgan fingerprint density at radius 2 is 2.26 bits per heavy atom. The van der Waals surface area contributed by atoms with Crippen LogP contribution in [0.4, 0.5) is 0 Å². The van der Waals surface area contributed by atoms with Gasteiger partial charge in [-0.2, -0.15) is 0 Å². The highest BCUT2D eigenvalue weighted by Gasteiger charge is 2.11. The summed E-state index contributed by atoms with van der Waals surface area (Å²) >= 11 is 6.06. The highest BCUT2D eigenvalue weighted by Crippen LogP contribution is 2.17. The van der Waals surface area contributed by atoms with Crippen LogP contribution in [0.1, 0.15) is 22.3 Å². The molecular formula is C14H18Cl2N2O. The molecular weight excluding hydrogens is 283 g/mol. The van der Waals surface area contributed by atoms with Gasteiger partial charge in [0, 0.05) is 13.1 Å². The van der Waals surface area contributed by atoms with Crippen LogP contribution in [-0.4, -0.2) is 25.5 Å². The van der Waals surface area contributed by atoms with Crippen molar-refractivity contribution in [3.63, 3.8) is 0 Å².